The predicted molar refractivity (Wildman–Crippen MR) is 114 cm³/mol. The number of anilines is 2. The second-order valence-corrected chi connectivity index (χ2v) is 9.17. The van der Waals surface area contributed by atoms with Crippen molar-refractivity contribution in [2.45, 2.75) is 31.6 Å². The van der Waals surface area contributed by atoms with Gasteiger partial charge in [-0.1, -0.05) is 42.5 Å². The number of aryl methyl sites for hydroxylation is 1. The molecule has 1 N–H and O–H groups in total. The molecule has 0 bridgehead atoms. The second-order valence-electron chi connectivity index (χ2n) is 7.25. The predicted octanol–water partition coefficient (Wildman–Crippen LogP) is 4.20. The molecule has 0 amide bonds. The van der Waals surface area contributed by atoms with Gasteiger partial charge in [-0.2, -0.15) is 4.31 Å². The highest BCUT2D eigenvalue weighted by atomic mass is 32.2. The molecule has 0 radical (unpaired) electrons. The summed E-state index contributed by atoms with van der Waals surface area (Å²) in [6, 6.07) is 20.5. The van der Waals surface area contributed by atoms with E-state index in [1.54, 1.807) is 4.31 Å². The van der Waals surface area contributed by atoms with Gasteiger partial charge in [-0.05, 0) is 49.6 Å². The van der Waals surface area contributed by atoms with Crippen LogP contribution in [-0.2, 0) is 15.8 Å². The minimum absolute atomic E-state index is 0.00942. The van der Waals surface area contributed by atoms with Crippen LogP contribution in [0, 0.1) is 6.92 Å². The summed E-state index contributed by atoms with van der Waals surface area (Å²) in [6.45, 7) is 2.46. The third-order valence-electron chi connectivity index (χ3n) is 5.01. The van der Waals surface area contributed by atoms with Crippen LogP contribution in [0.15, 0.2) is 66.7 Å². The van der Waals surface area contributed by atoms with Crippen LogP contribution in [0.5, 0.6) is 0 Å². The number of hydrogen-bond donors (Lipinski definition) is 1. The lowest BCUT2D eigenvalue weighted by atomic mass is 10.1. The molecule has 1 aliphatic rings. The lowest BCUT2D eigenvalue weighted by Gasteiger charge is -2.24. The van der Waals surface area contributed by atoms with Crippen molar-refractivity contribution >= 4 is 21.7 Å². The minimum atomic E-state index is -3.43. The third-order valence-corrected chi connectivity index (χ3v) is 6.86. The SMILES string of the molecule is Cc1cccc(Nc2cccc([C@H]3CCCN3S(=O)(=O)Cc3ccccc3)n2)n1. The molecule has 7 heteroatoms. The van der Waals surface area contributed by atoms with Crippen molar-refractivity contribution in [3.8, 4) is 0 Å². The van der Waals surface area contributed by atoms with Crippen LogP contribution in [0.25, 0.3) is 0 Å². The van der Waals surface area contributed by atoms with Crippen LogP contribution in [0.2, 0.25) is 0 Å². The Morgan fingerprint density at radius 1 is 0.966 bits per heavy atom. The monoisotopic (exact) mass is 408 g/mol. The summed E-state index contributed by atoms with van der Waals surface area (Å²) in [5.74, 6) is 1.39. The highest BCUT2D eigenvalue weighted by Gasteiger charge is 2.36. The summed E-state index contributed by atoms with van der Waals surface area (Å²) in [5, 5.41) is 3.21. The van der Waals surface area contributed by atoms with Crippen molar-refractivity contribution in [3.05, 3.63) is 83.7 Å². The Kier molecular flexibility index (Phi) is 5.60. The molecule has 0 aliphatic carbocycles. The quantitative estimate of drug-likeness (QED) is 0.662. The van der Waals surface area contributed by atoms with E-state index in [1.807, 2.05) is 73.7 Å². The summed E-state index contributed by atoms with van der Waals surface area (Å²) in [6.07, 6.45) is 1.60. The zero-order chi connectivity index (χ0) is 20.3. The maximum Gasteiger partial charge on any atom is 0.218 e. The van der Waals surface area contributed by atoms with E-state index >= 15 is 0 Å². The van der Waals surface area contributed by atoms with E-state index in [9.17, 15) is 8.42 Å². The van der Waals surface area contributed by atoms with Crippen LogP contribution in [0.3, 0.4) is 0 Å². The molecule has 1 saturated heterocycles. The topological polar surface area (TPSA) is 75.2 Å². The third kappa shape index (κ3) is 4.63. The highest BCUT2D eigenvalue weighted by molar-refractivity contribution is 7.88. The number of sulfonamides is 1. The molecule has 150 valence electrons. The fourth-order valence-corrected chi connectivity index (χ4v) is 5.47. The van der Waals surface area contributed by atoms with Crippen LogP contribution in [0.1, 0.15) is 35.8 Å². The standard InChI is InChI=1S/C22H24N4O2S/c1-17-8-5-13-21(23-17)25-22-14-6-11-19(24-22)20-12-7-15-26(20)29(27,28)16-18-9-3-2-4-10-18/h2-6,8-11,13-14,20H,7,12,15-16H2,1H3,(H,23,24,25)/t20-/m1/s1. The van der Waals surface area contributed by atoms with Crippen molar-refractivity contribution < 1.29 is 8.42 Å². The largest absolute Gasteiger partial charge is 0.325 e. The first kappa shape index (κ1) is 19.5. The Morgan fingerprint density at radius 2 is 1.69 bits per heavy atom. The molecule has 1 atom stereocenters. The first-order valence-corrected chi connectivity index (χ1v) is 11.3. The lowest BCUT2D eigenvalue weighted by Crippen LogP contribution is -2.32. The second kappa shape index (κ2) is 8.31. The van der Waals surface area contributed by atoms with Crippen LogP contribution < -0.4 is 5.32 Å². The van der Waals surface area contributed by atoms with Gasteiger partial charge in [0, 0.05) is 12.2 Å². The van der Waals surface area contributed by atoms with Crippen molar-refractivity contribution in [1.29, 1.82) is 0 Å². The van der Waals surface area contributed by atoms with E-state index in [2.05, 4.69) is 10.3 Å². The van der Waals surface area contributed by atoms with Gasteiger partial charge in [-0.3, -0.25) is 0 Å². The minimum Gasteiger partial charge on any atom is -0.325 e. The van der Waals surface area contributed by atoms with Crippen molar-refractivity contribution in [3.63, 3.8) is 0 Å². The van der Waals surface area contributed by atoms with Gasteiger partial charge in [-0.25, -0.2) is 18.4 Å². The van der Waals surface area contributed by atoms with E-state index < -0.39 is 10.0 Å². The fourth-order valence-electron chi connectivity index (χ4n) is 3.69. The molecule has 0 unspecified atom stereocenters. The van der Waals surface area contributed by atoms with E-state index in [-0.39, 0.29) is 11.8 Å². The molecule has 4 rings (SSSR count). The molecule has 1 fully saturated rings. The van der Waals surface area contributed by atoms with Crippen molar-refractivity contribution in [2.24, 2.45) is 0 Å². The molecular weight excluding hydrogens is 384 g/mol. The van der Waals surface area contributed by atoms with Crippen molar-refractivity contribution in [2.75, 3.05) is 11.9 Å². The molecule has 2 aromatic heterocycles. The molecule has 1 aliphatic heterocycles. The highest BCUT2D eigenvalue weighted by Crippen LogP contribution is 2.35. The summed E-state index contributed by atoms with van der Waals surface area (Å²) in [5.41, 5.74) is 2.48. The van der Waals surface area contributed by atoms with Crippen molar-refractivity contribution in [1.82, 2.24) is 14.3 Å². The number of pyridine rings is 2. The molecule has 0 saturated carbocycles. The lowest BCUT2D eigenvalue weighted by molar-refractivity contribution is 0.390. The van der Waals surface area contributed by atoms with Gasteiger partial charge in [0.2, 0.25) is 10.0 Å². The van der Waals surface area contributed by atoms with Gasteiger partial charge in [0.15, 0.2) is 0 Å². The van der Waals surface area contributed by atoms with Crippen LogP contribution in [-0.4, -0.2) is 29.2 Å². The van der Waals surface area contributed by atoms with Gasteiger partial charge in [0.25, 0.3) is 0 Å². The molecule has 3 heterocycles. The molecule has 0 spiro atoms. The molecule has 29 heavy (non-hydrogen) atoms. The van der Waals surface area contributed by atoms with E-state index in [0.29, 0.717) is 12.4 Å². The Bertz CT molecular complexity index is 1090. The Hall–Kier alpha value is -2.77. The van der Waals surface area contributed by atoms with Gasteiger partial charge in [-0.15, -0.1) is 0 Å². The summed E-state index contributed by atoms with van der Waals surface area (Å²) < 4.78 is 27.8. The summed E-state index contributed by atoms with van der Waals surface area (Å²) in [4.78, 5) is 9.13. The first-order chi connectivity index (χ1) is 14.0. The maximum atomic E-state index is 13.1. The maximum absolute atomic E-state index is 13.1. The average Bonchev–Trinajstić information content (AvgIpc) is 3.20. The summed E-state index contributed by atoms with van der Waals surface area (Å²) in [7, 11) is -3.43. The number of benzene rings is 1. The normalized spacial score (nSPS) is 17.3. The van der Waals surface area contributed by atoms with E-state index in [1.165, 1.54) is 0 Å². The Labute approximate surface area is 171 Å². The molecule has 1 aromatic carbocycles. The van der Waals surface area contributed by atoms with Gasteiger partial charge >= 0.3 is 0 Å². The average molecular weight is 409 g/mol. The number of hydrogen-bond acceptors (Lipinski definition) is 5. The van der Waals surface area contributed by atoms with Gasteiger partial charge < -0.3 is 5.32 Å². The zero-order valence-corrected chi connectivity index (χ0v) is 17.1. The van der Waals surface area contributed by atoms with Crippen LogP contribution in [0.4, 0.5) is 11.6 Å². The van der Waals surface area contributed by atoms with E-state index in [4.69, 9.17) is 4.98 Å². The van der Waals surface area contributed by atoms with Gasteiger partial charge in [0.05, 0.1) is 17.5 Å². The number of aromatic nitrogens is 2. The zero-order valence-electron chi connectivity index (χ0n) is 16.3. The Morgan fingerprint density at radius 3 is 2.45 bits per heavy atom. The molecular formula is C22H24N4O2S. The summed E-state index contributed by atoms with van der Waals surface area (Å²) >= 11 is 0. The van der Waals surface area contributed by atoms with Crippen LogP contribution >= 0.6 is 0 Å². The number of nitrogens with zero attached hydrogens (tertiary/aromatic N) is 3. The van der Waals surface area contributed by atoms with E-state index in [0.717, 1.165) is 35.6 Å². The number of rotatable bonds is 6. The first-order valence-electron chi connectivity index (χ1n) is 9.72. The molecule has 3 aromatic rings. The fraction of sp³-hybridized carbons (Fsp3) is 0.273. The number of nitrogens with one attached hydrogen (secondary N) is 1. The smallest absolute Gasteiger partial charge is 0.218 e. The molecule has 6 nitrogen and oxygen atoms in total. The van der Waals surface area contributed by atoms with Gasteiger partial charge in [0.1, 0.15) is 11.6 Å². The Balaban J connectivity index is 1.55.